The Hall–Kier alpha value is -3.56. The van der Waals surface area contributed by atoms with E-state index in [0.717, 1.165) is 15.2 Å². The minimum absolute atomic E-state index is 0.170. The lowest BCUT2D eigenvalue weighted by Crippen LogP contribution is -2.22. The predicted octanol–water partition coefficient (Wildman–Crippen LogP) is 4.41. The molecular formula is C23H18N4O3S2. The fourth-order valence-corrected chi connectivity index (χ4v) is 5.65. The van der Waals surface area contributed by atoms with E-state index in [9.17, 15) is 13.2 Å². The highest BCUT2D eigenvalue weighted by Gasteiger charge is 2.16. The molecule has 0 radical (unpaired) electrons. The van der Waals surface area contributed by atoms with Gasteiger partial charge in [0.25, 0.3) is 15.6 Å². The van der Waals surface area contributed by atoms with Gasteiger partial charge in [-0.2, -0.15) is 0 Å². The van der Waals surface area contributed by atoms with E-state index in [0.29, 0.717) is 28.1 Å². The summed E-state index contributed by atoms with van der Waals surface area (Å²) in [6.07, 6.45) is 0. The Morgan fingerprint density at radius 3 is 2.44 bits per heavy atom. The van der Waals surface area contributed by atoms with E-state index in [4.69, 9.17) is 0 Å². The maximum absolute atomic E-state index is 13.0. The van der Waals surface area contributed by atoms with Crippen LogP contribution in [0.4, 0.5) is 5.69 Å². The predicted molar refractivity (Wildman–Crippen MR) is 127 cm³/mol. The molecule has 0 saturated heterocycles. The fraction of sp³-hybridized carbons (Fsp3) is 0.0870. The van der Waals surface area contributed by atoms with E-state index < -0.39 is 10.0 Å². The molecular weight excluding hydrogens is 444 g/mol. The highest BCUT2D eigenvalue weighted by Crippen LogP contribution is 2.26. The van der Waals surface area contributed by atoms with Gasteiger partial charge in [0.05, 0.1) is 36.7 Å². The number of aryl methyl sites for hydroxylation is 2. The summed E-state index contributed by atoms with van der Waals surface area (Å²) in [6.45, 7) is 3.65. The summed E-state index contributed by atoms with van der Waals surface area (Å²) in [7, 11) is -3.77. The number of hydrogen-bond donors (Lipinski definition) is 1. The van der Waals surface area contributed by atoms with Crippen molar-refractivity contribution in [2.45, 2.75) is 18.7 Å². The molecule has 160 valence electrons. The third-order valence-corrected chi connectivity index (χ3v) is 7.41. The average molecular weight is 463 g/mol. The first kappa shape index (κ1) is 20.3. The summed E-state index contributed by atoms with van der Waals surface area (Å²) in [6, 6.07) is 18.7. The van der Waals surface area contributed by atoms with Crippen molar-refractivity contribution in [3.05, 3.63) is 87.9 Å². The maximum Gasteiger partial charge on any atom is 0.265 e. The number of aromatic nitrogens is 3. The van der Waals surface area contributed by atoms with E-state index >= 15 is 0 Å². The average Bonchev–Trinajstić information content (AvgIpc) is 3.14. The molecule has 0 atom stereocenters. The van der Waals surface area contributed by atoms with Crippen molar-refractivity contribution in [2.75, 3.05) is 4.72 Å². The maximum atomic E-state index is 13.0. The summed E-state index contributed by atoms with van der Waals surface area (Å²) < 4.78 is 30.7. The molecule has 5 rings (SSSR count). The van der Waals surface area contributed by atoms with Gasteiger partial charge >= 0.3 is 0 Å². The zero-order valence-electron chi connectivity index (χ0n) is 17.2. The van der Waals surface area contributed by atoms with Crippen LogP contribution >= 0.6 is 11.3 Å². The normalized spacial score (nSPS) is 11.8. The number of thiazole rings is 1. The standard InChI is InChI=1S/C23H18N4O3S2/c1-14-24-20-6-4-3-5-19(20)23(28)27(14)17-9-7-16(8-10-17)26-32(29,30)18-11-12-21-22(13-18)31-15(2)25-21/h3-13,26H,1-2H3. The Balaban J connectivity index is 1.47. The number of nitrogens with one attached hydrogen (secondary N) is 1. The van der Waals surface area contributed by atoms with E-state index in [1.54, 1.807) is 67.6 Å². The molecule has 7 nitrogen and oxygen atoms in total. The number of rotatable bonds is 4. The van der Waals surface area contributed by atoms with Crippen LogP contribution in [-0.4, -0.2) is 23.0 Å². The zero-order chi connectivity index (χ0) is 22.5. The lowest BCUT2D eigenvalue weighted by molar-refractivity contribution is 0.601. The van der Waals surface area contributed by atoms with Crippen molar-refractivity contribution in [3.8, 4) is 5.69 Å². The largest absolute Gasteiger partial charge is 0.280 e. The molecule has 0 aliphatic rings. The number of nitrogens with zero attached hydrogens (tertiary/aromatic N) is 3. The molecule has 1 N–H and O–H groups in total. The highest BCUT2D eigenvalue weighted by atomic mass is 32.2. The van der Waals surface area contributed by atoms with Gasteiger partial charge in [-0.1, -0.05) is 12.1 Å². The van der Waals surface area contributed by atoms with Crippen LogP contribution in [0.2, 0.25) is 0 Å². The minimum Gasteiger partial charge on any atom is -0.280 e. The topological polar surface area (TPSA) is 93.9 Å². The first-order valence-electron chi connectivity index (χ1n) is 9.81. The number of fused-ring (bicyclic) bond motifs is 2. The summed E-state index contributed by atoms with van der Waals surface area (Å²) in [4.78, 5) is 22.0. The Morgan fingerprint density at radius 2 is 1.66 bits per heavy atom. The van der Waals surface area contributed by atoms with Crippen LogP contribution in [0.3, 0.4) is 0 Å². The molecule has 0 bridgehead atoms. The van der Waals surface area contributed by atoms with E-state index in [1.807, 2.05) is 13.0 Å². The van der Waals surface area contributed by atoms with Gasteiger partial charge in [0.2, 0.25) is 0 Å². The highest BCUT2D eigenvalue weighted by molar-refractivity contribution is 7.92. The summed E-state index contributed by atoms with van der Waals surface area (Å²) in [5.41, 5.74) is 2.25. The number of para-hydroxylation sites is 1. The van der Waals surface area contributed by atoms with Gasteiger partial charge in [0.1, 0.15) is 5.82 Å². The van der Waals surface area contributed by atoms with Crippen LogP contribution in [0.5, 0.6) is 0 Å². The smallest absolute Gasteiger partial charge is 0.265 e. The Morgan fingerprint density at radius 1 is 0.906 bits per heavy atom. The van der Waals surface area contributed by atoms with E-state index in [-0.39, 0.29) is 10.5 Å². The van der Waals surface area contributed by atoms with E-state index in [2.05, 4.69) is 14.7 Å². The molecule has 2 aromatic heterocycles. The Labute approximate surface area is 188 Å². The van der Waals surface area contributed by atoms with Crippen LogP contribution in [0, 0.1) is 13.8 Å². The third kappa shape index (κ3) is 3.55. The number of benzene rings is 3. The van der Waals surface area contributed by atoms with Crippen LogP contribution in [0.25, 0.3) is 26.8 Å². The molecule has 9 heteroatoms. The third-order valence-electron chi connectivity index (χ3n) is 5.10. The van der Waals surface area contributed by atoms with Gasteiger partial charge in [0, 0.05) is 5.69 Å². The molecule has 0 spiro atoms. The molecule has 0 fully saturated rings. The minimum atomic E-state index is -3.77. The first-order chi connectivity index (χ1) is 15.3. The molecule has 2 heterocycles. The van der Waals surface area contributed by atoms with Crippen molar-refractivity contribution in [1.29, 1.82) is 0 Å². The van der Waals surface area contributed by atoms with Gasteiger partial charge in [-0.05, 0) is 68.4 Å². The monoisotopic (exact) mass is 462 g/mol. The van der Waals surface area contributed by atoms with Crippen LogP contribution in [-0.2, 0) is 10.0 Å². The van der Waals surface area contributed by atoms with Crippen molar-refractivity contribution in [2.24, 2.45) is 0 Å². The quantitative estimate of drug-likeness (QED) is 0.427. The molecule has 0 unspecified atom stereocenters. The molecule has 0 aliphatic carbocycles. The van der Waals surface area contributed by atoms with Crippen molar-refractivity contribution in [3.63, 3.8) is 0 Å². The molecule has 0 aliphatic heterocycles. The second kappa shape index (κ2) is 7.54. The zero-order valence-corrected chi connectivity index (χ0v) is 18.9. The number of hydrogen-bond acceptors (Lipinski definition) is 6. The van der Waals surface area contributed by atoms with Crippen molar-refractivity contribution >= 4 is 48.2 Å². The van der Waals surface area contributed by atoms with Crippen molar-refractivity contribution in [1.82, 2.24) is 14.5 Å². The summed E-state index contributed by atoms with van der Waals surface area (Å²) in [5, 5.41) is 1.41. The van der Waals surface area contributed by atoms with Gasteiger partial charge in [-0.25, -0.2) is 18.4 Å². The second-order valence-electron chi connectivity index (χ2n) is 7.33. The molecule has 0 amide bonds. The lowest BCUT2D eigenvalue weighted by atomic mass is 10.2. The lowest BCUT2D eigenvalue weighted by Gasteiger charge is -2.12. The molecule has 3 aromatic carbocycles. The molecule has 0 saturated carbocycles. The van der Waals surface area contributed by atoms with Gasteiger partial charge in [0.15, 0.2) is 0 Å². The SMILES string of the molecule is Cc1nc2ccc(S(=O)(=O)Nc3ccc(-n4c(C)nc5ccccc5c4=O)cc3)cc2s1. The second-order valence-corrected chi connectivity index (χ2v) is 10.2. The summed E-state index contributed by atoms with van der Waals surface area (Å²) in [5.74, 6) is 0.551. The Kier molecular flexibility index (Phi) is 4.79. The molecule has 5 aromatic rings. The fourth-order valence-electron chi connectivity index (χ4n) is 3.63. The molecule has 32 heavy (non-hydrogen) atoms. The van der Waals surface area contributed by atoms with Gasteiger partial charge < -0.3 is 0 Å². The van der Waals surface area contributed by atoms with Gasteiger partial charge in [-0.15, -0.1) is 11.3 Å². The first-order valence-corrected chi connectivity index (χ1v) is 12.1. The number of sulfonamides is 1. The van der Waals surface area contributed by atoms with E-state index in [1.165, 1.54) is 15.9 Å². The van der Waals surface area contributed by atoms with Crippen molar-refractivity contribution < 1.29 is 8.42 Å². The van der Waals surface area contributed by atoms with Gasteiger partial charge in [-0.3, -0.25) is 14.1 Å². The van der Waals surface area contributed by atoms with Crippen LogP contribution < -0.4 is 10.3 Å². The summed E-state index contributed by atoms with van der Waals surface area (Å²) >= 11 is 1.45. The Bertz CT molecular complexity index is 1650. The van der Waals surface area contributed by atoms with Crippen LogP contribution in [0.1, 0.15) is 10.8 Å². The van der Waals surface area contributed by atoms with Crippen LogP contribution in [0.15, 0.2) is 76.4 Å². The number of anilines is 1.